The van der Waals surface area contributed by atoms with Gasteiger partial charge in [0.05, 0.1) is 22.4 Å². The van der Waals surface area contributed by atoms with Gasteiger partial charge in [-0.1, -0.05) is 23.7 Å². The number of methoxy groups -OCH3 is 1. The highest BCUT2D eigenvalue weighted by atomic mass is 35.5. The molecule has 1 unspecified atom stereocenters. The molecule has 1 aromatic heterocycles. The number of Topliss-reactive ketones (excluding diaryl/α,β-unsaturated/α-hetero) is 1. The molecule has 2 aromatic rings. The molecule has 4 rings (SSSR count). The molecule has 1 aliphatic heterocycles. The molecule has 1 aromatic carbocycles. The SMILES string of the molecule is COC(=O)C1=C(C2CC2)NC(C)=C(C(C)=O)C1c1csc2c(Cl)cccc12. The van der Waals surface area contributed by atoms with E-state index in [0.29, 0.717) is 22.1 Å². The van der Waals surface area contributed by atoms with Gasteiger partial charge >= 0.3 is 5.97 Å². The van der Waals surface area contributed by atoms with Gasteiger partial charge in [-0.2, -0.15) is 0 Å². The molecule has 1 atom stereocenters. The van der Waals surface area contributed by atoms with Crippen molar-refractivity contribution < 1.29 is 14.3 Å². The molecule has 0 spiro atoms. The first kappa shape index (κ1) is 18.3. The Morgan fingerprint density at radius 1 is 1.26 bits per heavy atom. The molecular weight excluding hydrogens is 382 g/mol. The summed E-state index contributed by atoms with van der Waals surface area (Å²) in [5, 5.41) is 7.00. The lowest BCUT2D eigenvalue weighted by Gasteiger charge is -2.31. The number of allylic oxidation sites excluding steroid dienone is 3. The van der Waals surface area contributed by atoms with Crippen molar-refractivity contribution in [2.75, 3.05) is 7.11 Å². The molecule has 0 saturated heterocycles. The van der Waals surface area contributed by atoms with Crippen LogP contribution in [0.15, 0.2) is 46.1 Å². The van der Waals surface area contributed by atoms with E-state index in [2.05, 4.69) is 5.32 Å². The number of hydrogen-bond acceptors (Lipinski definition) is 5. The van der Waals surface area contributed by atoms with Crippen molar-refractivity contribution in [2.24, 2.45) is 5.92 Å². The number of nitrogens with one attached hydrogen (secondary N) is 1. The van der Waals surface area contributed by atoms with E-state index in [9.17, 15) is 9.59 Å². The van der Waals surface area contributed by atoms with Crippen LogP contribution in [0, 0.1) is 5.92 Å². The number of dihydropyridines is 1. The van der Waals surface area contributed by atoms with E-state index in [1.165, 1.54) is 18.4 Å². The Morgan fingerprint density at radius 3 is 2.63 bits per heavy atom. The van der Waals surface area contributed by atoms with Crippen LogP contribution in [0.3, 0.4) is 0 Å². The van der Waals surface area contributed by atoms with E-state index in [-0.39, 0.29) is 11.8 Å². The van der Waals surface area contributed by atoms with Crippen LogP contribution in [-0.4, -0.2) is 18.9 Å². The molecule has 1 saturated carbocycles. The Balaban J connectivity index is 2.01. The van der Waals surface area contributed by atoms with E-state index >= 15 is 0 Å². The van der Waals surface area contributed by atoms with Crippen molar-refractivity contribution in [2.45, 2.75) is 32.6 Å². The lowest BCUT2D eigenvalue weighted by Crippen LogP contribution is -2.32. The zero-order valence-corrected chi connectivity index (χ0v) is 17.0. The molecule has 6 heteroatoms. The number of carbonyl (C=O) groups excluding carboxylic acids is 2. The first-order valence-electron chi connectivity index (χ1n) is 8.90. The van der Waals surface area contributed by atoms with Crippen LogP contribution >= 0.6 is 22.9 Å². The largest absolute Gasteiger partial charge is 0.466 e. The van der Waals surface area contributed by atoms with Crippen molar-refractivity contribution in [1.82, 2.24) is 5.32 Å². The fourth-order valence-electron chi connectivity index (χ4n) is 3.93. The Kier molecular flexibility index (Phi) is 4.60. The van der Waals surface area contributed by atoms with Crippen molar-refractivity contribution in [3.63, 3.8) is 0 Å². The predicted molar refractivity (Wildman–Crippen MR) is 108 cm³/mol. The molecule has 2 heterocycles. The predicted octanol–water partition coefficient (Wildman–Crippen LogP) is 4.94. The number of hydrogen-bond donors (Lipinski definition) is 1. The zero-order valence-electron chi connectivity index (χ0n) is 15.4. The quantitative estimate of drug-likeness (QED) is 0.737. The Bertz CT molecular complexity index is 1030. The van der Waals surface area contributed by atoms with Crippen molar-refractivity contribution in [3.05, 3.63) is 56.7 Å². The highest BCUT2D eigenvalue weighted by Gasteiger charge is 2.42. The molecule has 1 N–H and O–H groups in total. The van der Waals surface area contributed by atoms with E-state index in [4.69, 9.17) is 16.3 Å². The van der Waals surface area contributed by atoms with Gasteiger partial charge in [0.25, 0.3) is 0 Å². The van der Waals surface area contributed by atoms with Gasteiger partial charge in [0.1, 0.15) is 0 Å². The number of ketones is 1. The van der Waals surface area contributed by atoms with Gasteiger partial charge in [-0.25, -0.2) is 4.79 Å². The summed E-state index contributed by atoms with van der Waals surface area (Å²) in [6.45, 7) is 3.45. The molecule has 2 aliphatic rings. The second-order valence-corrected chi connectivity index (χ2v) is 8.34. The smallest absolute Gasteiger partial charge is 0.336 e. The normalized spacial score (nSPS) is 20.1. The summed E-state index contributed by atoms with van der Waals surface area (Å²) in [6, 6.07) is 5.75. The topological polar surface area (TPSA) is 55.4 Å². The van der Waals surface area contributed by atoms with Crippen LogP contribution in [0.2, 0.25) is 5.02 Å². The number of rotatable bonds is 4. The molecule has 140 valence electrons. The van der Waals surface area contributed by atoms with Gasteiger partial charge in [-0.05, 0) is 55.0 Å². The van der Waals surface area contributed by atoms with Gasteiger partial charge < -0.3 is 10.1 Å². The van der Waals surface area contributed by atoms with Gasteiger partial charge in [0, 0.05) is 22.9 Å². The molecule has 0 radical (unpaired) electrons. The average Bonchev–Trinajstić information content (AvgIpc) is 3.39. The summed E-state index contributed by atoms with van der Waals surface area (Å²) < 4.78 is 6.10. The van der Waals surface area contributed by atoms with Gasteiger partial charge in [0.15, 0.2) is 5.78 Å². The van der Waals surface area contributed by atoms with Crippen LogP contribution in [0.1, 0.15) is 38.2 Å². The summed E-state index contributed by atoms with van der Waals surface area (Å²) in [7, 11) is 1.39. The molecule has 27 heavy (non-hydrogen) atoms. The maximum atomic E-state index is 12.8. The molecule has 0 bridgehead atoms. The first-order chi connectivity index (χ1) is 12.9. The second-order valence-electron chi connectivity index (χ2n) is 7.05. The molecule has 4 nitrogen and oxygen atoms in total. The van der Waals surface area contributed by atoms with E-state index in [0.717, 1.165) is 39.9 Å². The highest BCUT2D eigenvalue weighted by Crippen LogP contribution is 2.48. The third-order valence-corrected chi connectivity index (χ3v) is 6.73. The monoisotopic (exact) mass is 401 g/mol. The lowest BCUT2D eigenvalue weighted by atomic mass is 9.78. The summed E-state index contributed by atoms with van der Waals surface area (Å²) in [5.41, 5.74) is 3.80. The fraction of sp³-hybridized carbons (Fsp3) is 0.333. The highest BCUT2D eigenvalue weighted by molar-refractivity contribution is 7.18. The van der Waals surface area contributed by atoms with Gasteiger partial charge in [-0.15, -0.1) is 11.3 Å². The summed E-state index contributed by atoms with van der Waals surface area (Å²) in [6.07, 6.45) is 2.07. The average molecular weight is 402 g/mol. The minimum Gasteiger partial charge on any atom is -0.466 e. The fourth-order valence-corrected chi connectivity index (χ4v) is 5.24. The maximum absolute atomic E-state index is 12.8. The van der Waals surface area contributed by atoms with Gasteiger partial charge in [0.2, 0.25) is 0 Å². The van der Waals surface area contributed by atoms with Crippen LogP contribution in [0.4, 0.5) is 0 Å². The number of ether oxygens (including phenoxy) is 1. The Morgan fingerprint density at radius 2 is 2.00 bits per heavy atom. The number of halogens is 1. The number of thiophene rings is 1. The summed E-state index contributed by atoms with van der Waals surface area (Å²) >= 11 is 7.90. The Hall–Kier alpha value is -2.11. The van der Waals surface area contributed by atoms with Crippen LogP contribution < -0.4 is 5.32 Å². The number of esters is 1. The van der Waals surface area contributed by atoms with E-state index < -0.39 is 5.92 Å². The Labute approximate surface area is 166 Å². The van der Waals surface area contributed by atoms with E-state index in [1.54, 1.807) is 6.92 Å². The zero-order chi connectivity index (χ0) is 19.3. The molecular formula is C21H20ClNO3S. The minimum atomic E-state index is -0.445. The number of fused-ring (bicyclic) bond motifs is 1. The van der Waals surface area contributed by atoms with Crippen LogP contribution in [0.25, 0.3) is 10.1 Å². The maximum Gasteiger partial charge on any atom is 0.336 e. The van der Waals surface area contributed by atoms with Crippen molar-refractivity contribution in [3.8, 4) is 0 Å². The lowest BCUT2D eigenvalue weighted by molar-refractivity contribution is -0.136. The summed E-state index contributed by atoms with van der Waals surface area (Å²) in [4.78, 5) is 25.4. The van der Waals surface area contributed by atoms with Crippen molar-refractivity contribution >= 4 is 44.8 Å². The third-order valence-electron chi connectivity index (χ3n) is 5.26. The second kappa shape index (κ2) is 6.80. The van der Waals surface area contributed by atoms with Gasteiger partial charge in [-0.3, -0.25) is 4.79 Å². The van der Waals surface area contributed by atoms with E-state index in [1.807, 2.05) is 30.5 Å². The number of benzene rings is 1. The first-order valence-corrected chi connectivity index (χ1v) is 10.2. The summed E-state index contributed by atoms with van der Waals surface area (Å²) in [5.74, 6) is -0.567. The van der Waals surface area contributed by atoms with Crippen LogP contribution in [0.5, 0.6) is 0 Å². The molecule has 0 amide bonds. The number of carbonyl (C=O) groups is 2. The standard InChI is InChI=1S/C21H20ClNO3S/c1-10-16(11(2)24)17(14-9-27-20-13(14)5-4-6-15(20)22)18(21(25)26-3)19(23-10)12-7-8-12/h4-6,9,12,17,23H,7-8H2,1-3H3. The van der Waals surface area contributed by atoms with Crippen molar-refractivity contribution in [1.29, 1.82) is 0 Å². The van der Waals surface area contributed by atoms with Crippen LogP contribution in [-0.2, 0) is 14.3 Å². The molecule has 1 fully saturated rings. The minimum absolute atomic E-state index is 0.0531. The molecule has 1 aliphatic carbocycles. The third kappa shape index (κ3) is 2.99.